The first-order valence-corrected chi connectivity index (χ1v) is 18.8. The quantitative estimate of drug-likeness (QED) is 0.182. The van der Waals surface area contributed by atoms with Crippen molar-refractivity contribution in [1.29, 1.82) is 0 Å². The van der Waals surface area contributed by atoms with Crippen LogP contribution in [0.3, 0.4) is 0 Å². The molecule has 0 atom stereocenters. The van der Waals surface area contributed by atoms with Crippen LogP contribution in [-0.4, -0.2) is 19.5 Å². The van der Waals surface area contributed by atoms with E-state index in [9.17, 15) is 0 Å². The second kappa shape index (κ2) is 11.9. The molecule has 12 aromatic rings. The van der Waals surface area contributed by atoms with E-state index in [1.165, 1.54) is 32.3 Å². The second-order valence-corrected chi connectivity index (χ2v) is 14.5. The fourth-order valence-corrected chi connectivity index (χ4v) is 8.49. The first-order valence-electron chi connectivity index (χ1n) is 18.8. The third-order valence-electron chi connectivity index (χ3n) is 11.2. The summed E-state index contributed by atoms with van der Waals surface area (Å²) >= 11 is 0. The molecule has 0 fully saturated rings. The average molecular weight is 715 g/mol. The monoisotopic (exact) mass is 714 g/mol. The lowest BCUT2D eigenvalue weighted by Crippen LogP contribution is -2.02. The molecule has 260 valence electrons. The Morgan fingerprint density at radius 3 is 1.57 bits per heavy atom. The van der Waals surface area contributed by atoms with Crippen LogP contribution in [0.1, 0.15) is 0 Å². The molecule has 0 aliphatic carbocycles. The summed E-state index contributed by atoms with van der Waals surface area (Å²) in [6.45, 7) is 0. The highest BCUT2D eigenvalue weighted by Gasteiger charge is 2.22. The highest BCUT2D eigenvalue weighted by molar-refractivity contribution is 6.16. The number of aromatic nitrogens is 4. The van der Waals surface area contributed by atoms with Crippen molar-refractivity contribution in [3.63, 3.8) is 0 Å². The summed E-state index contributed by atoms with van der Waals surface area (Å²) in [4.78, 5) is 15.8. The van der Waals surface area contributed by atoms with Gasteiger partial charge in [-0.25, -0.2) is 15.0 Å². The van der Waals surface area contributed by atoms with Gasteiger partial charge >= 0.3 is 0 Å². The van der Waals surface area contributed by atoms with Crippen molar-refractivity contribution in [3.8, 4) is 39.9 Å². The van der Waals surface area contributed by atoms with Gasteiger partial charge in [-0.2, -0.15) is 0 Å². The smallest absolute Gasteiger partial charge is 0.164 e. The van der Waals surface area contributed by atoms with Crippen LogP contribution >= 0.6 is 0 Å². The van der Waals surface area contributed by atoms with E-state index < -0.39 is 0 Å². The van der Waals surface area contributed by atoms with Crippen LogP contribution in [0.2, 0.25) is 0 Å². The van der Waals surface area contributed by atoms with Crippen molar-refractivity contribution < 1.29 is 4.42 Å². The Kier molecular flexibility index (Phi) is 6.56. The molecule has 3 heterocycles. The fraction of sp³-hybridized carbons (Fsp3) is 0. The van der Waals surface area contributed by atoms with Crippen LogP contribution in [-0.2, 0) is 0 Å². The summed E-state index contributed by atoms with van der Waals surface area (Å²) in [5, 5.41) is 11.4. The molecular weight excluding hydrogens is 685 g/mol. The minimum Gasteiger partial charge on any atom is -0.456 e. The SMILES string of the molecule is c1ccc2cc(-c3nc(-c4ccc5ccccc5c4)nc(-c4cc(-n5c6ccccc6c6cc7ccccc7cc65)cc5oc6ccccc6c45)n3)ccc2c1. The van der Waals surface area contributed by atoms with Gasteiger partial charge in [0.1, 0.15) is 11.2 Å². The van der Waals surface area contributed by atoms with Crippen molar-refractivity contribution in [2.45, 2.75) is 0 Å². The molecule has 0 aliphatic rings. The average Bonchev–Trinajstić information content (AvgIpc) is 3.80. The van der Waals surface area contributed by atoms with Gasteiger partial charge < -0.3 is 8.98 Å². The second-order valence-electron chi connectivity index (χ2n) is 14.5. The Labute approximate surface area is 320 Å². The Bertz CT molecular complexity index is 3460. The number of nitrogens with zero attached hydrogens (tertiary/aromatic N) is 4. The van der Waals surface area contributed by atoms with Gasteiger partial charge in [-0.05, 0) is 74.8 Å². The molecule has 0 radical (unpaired) electrons. The normalized spacial score (nSPS) is 11.9. The third-order valence-corrected chi connectivity index (χ3v) is 11.2. The zero-order valence-corrected chi connectivity index (χ0v) is 30.0. The largest absolute Gasteiger partial charge is 0.456 e. The van der Waals surface area contributed by atoms with Crippen molar-refractivity contribution in [2.24, 2.45) is 0 Å². The number of benzene rings is 9. The van der Waals surface area contributed by atoms with Gasteiger partial charge in [-0.3, -0.25) is 0 Å². The summed E-state index contributed by atoms with van der Waals surface area (Å²) in [6.07, 6.45) is 0. The predicted octanol–water partition coefficient (Wildman–Crippen LogP) is 13.3. The number of furan rings is 1. The molecule has 0 amide bonds. The van der Waals surface area contributed by atoms with Crippen LogP contribution in [0.5, 0.6) is 0 Å². The fourth-order valence-electron chi connectivity index (χ4n) is 8.49. The zero-order valence-electron chi connectivity index (χ0n) is 30.0. The molecule has 5 heteroatoms. The van der Waals surface area contributed by atoms with Crippen molar-refractivity contribution in [2.75, 3.05) is 0 Å². The third kappa shape index (κ3) is 4.78. The van der Waals surface area contributed by atoms with Crippen LogP contribution in [0.15, 0.2) is 186 Å². The number of fused-ring (bicyclic) bond motifs is 9. The maximum Gasteiger partial charge on any atom is 0.164 e. The van der Waals surface area contributed by atoms with E-state index in [2.05, 4.69) is 174 Å². The van der Waals surface area contributed by atoms with Crippen LogP contribution < -0.4 is 0 Å². The van der Waals surface area contributed by atoms with Gasteiger partial charge in [-0.15, -0.1) is 0 Å². The highest BCUT2D eigenvalue weighted by atomic mass is 16.3. The molecule has 0 N–H and O–H groups in total. The summed E-state index contributed by atoms with van der Waals surface area (Å²) in [6, 6.07) is 64.0. The number of rotatable bonds is 4. The maximum atomic E-state index is 6.69. The molecule has 5 nitrogen and oxygen atoms in total. The molecule has 0 bridgehead atoms. The Morgan fingerprint density at radius 1 is 0.357 bits per heavy atom. The summed E-state index contributed by atoms with van der Waals surface area (Å²) < 4.78 is 9.04. The Morgan fingerprint density at radius 2 is 0.893 bits per heavy atom. The summed E-state index contributed by atoms with van der Waals surface area (Å²) in [5.41, 5.74) is 7.51. The molecule has 9 aromatic carbocycles. The van der Waals surface area contributed by atoms with E-state index in [1.807, 2.05) is 12.1 Å². The highest BCUT2D eigenvalue weighted by Crippen LogP contribution is 2.41. The molecule has 0 saturated heterocycles. The van der Waals surface area contributed by atoms with Gasteiger partial charge in [0.05, 0.1) is 16.7 Å². The first kappa shape index (κ1) is 30.8. The van der Waals surface area contributed by atoms with Gasteiger partial charge in [-0.1, -0.05) is 133 Å². The van der Waals surface area contributed by atoms with Gasteiger partial charge in [0.25, 0.3) is 0 Å². The predicted molar refractivity (Wildman–Crippen MR) is 230 cm³/mol. The number of hydrogen-bond acceptors (Lipinski definition) is 4. The van der Waals surface area contributed by atoms with Gasteiger partial charge in [0.2, 0.25) is 0 Å². The van der Waals surface area contributed by atoms with E-state index >= 15 is 0 Å². The lowest BCUT2D eigenvalue weighted by Gasteiger charge is -2.13. The lowest BCUT2D eigenvalue weighted by molar-refractivity contribution is 0.668. The minimum absolute atomic E-state index is 0.580. The Balaban J connectivity index is 1.17. The molecule has 56 heavy (non-hydrogen) atoms. The maximum absolute atomic E-state index is 6.69. The standard InChI is InChI=1S/C51H30N4O/c1-3-13-33-25-37(23-21-31(33)11-1)49-52-50(38-24-22-32-12-2-4-14-34(32)26-38)54-51(53-49)43-29-39(30-47-48(43)41-18-8-10-20-46(41)56-47)55-44-19-9-7-17-40(44)42-27-35-15-5-6-16-36(35)28-45(42)55/h1-30H. The molecule has 0 saturated carbocycles. The molecule has 12 rings (SSSR count). The van der Waals surface area contributed by atoms with E-state index in [-0.39, 0.29) is 0 Å². The molecule has 0 aliphatic heterocycles. The Hall–Kier alpha value is -7.63. The van der Waals surface area contributed by atoms with Crippen LogP contribution in [0.4, 0.5) is 0 Å². The number of hydrogen-bond donors (Lipinski definition) is 0. The van der Waals surface area contributed by atoms with E-state index in [0.29, 0.717) is 17.5 Å². The molecule has 3 aromatic heterocycles. The van der Waals surface area contributed by atoms with Crippen molar-refractivity contribution in [1.82, 2.24) is 19.5 Å². The topological polar surface area (TPSA) is 56.7 Å². The van der Waals surface area contributed by atoms with Crippen molar-refractivity contribution in [3.05, 3.63) is 182 Å². The molecule has 0 unspecified atom stereocenters. The molecule has 0 spiro atoms. The van der Waals surface area contributed by atoms with Gasteiger partial charge in [0.15, 0.2) is 17.5 Å². The first-order chi connectivity index (χ1) is 27.7. The number of para-hydroxylation sites is 2. The van der Waals surface area contributed by atoms with Crippen molar-refractivity contribution >= 4 is 76.1 Å². The van der Waals surface area contributed by atoms with E-state index in [1.54, 1.807) is 0 Å². The lowest BCUT2D eigenvalue weighted by atomic mass is 10.0. The zero-order chi connectivity index (χ0) is 36.7. The van der Waals surface area contributed by atoms with Gasteiger partial charge in [0, 0.05) is 44.3 Å². The van der Waals surface area contributed by atoms with E-state index in [4.69, 9.17) is 19.4 Å². The van der Waals surface area contributed by atoms with E-state index in [0.717, 1.165) is 66.1 Å². The minimum atomic E-state index is 0.580. The van der Waals surface area contributed by atoms with Crippen LogP contribution in [0.25, 0.3) is 116 Å². The van der Waals surface area contributed by atoms with Crippen LogP contribution in [0, 0.1) is 0 Å². The molecular formula is C51H30N4O. The summed E-state index contributed by atoms with van der Waals surface area (Å²) in [7, 11) is 0. The summed E-state index contributed by atoms with van der Waals surface area (Å²) in [5.74, 6) is 1.80.